The van der Waals surface area contributed by atoms with Gasteiger partial charge in [-0.2, -0.15) is 0 Å². The summed E-state index contributed by atoms with van der Waals surface area (Å²) in [6.07, 6.45) is 2.44. The molecule has 1 fully saturated rings. The molecule has 0 aliphatic carbocycles. The zero-order valence-corrected chi connectivity index (χ0v) is 10.9. The van der Waals surface area contributed by atoms with Crippen molar-refractivity contribution in [3.8, 4) is 0 Å². The number of aryl methyl sites for hydroxylation is 1. The monoisotopic (exact) mass is 231 g/mol. The second kappa shape index (κ2) is 5.32. The minimum atomic E-state index is 0.428. The first kappa shape index (κ1) is 12.1. The van der Waals surface area contributed by atoms with Crippen LogP contribution in [0.3, 0.4) is 0 Å². The van der Waals surface area contributed by atoms with Gasteiger partial charge in [0, 0.05) is 0 Å². The molecule has 3 rings (SSSR count). The van der Waals surface area contributed by atoms with E-state index in [9.17, 15) is 0 Å². The van der Waals surface area contributed by atoms with Crippen LogP contribution in [0.1, 0.15) is 44.1 Å². The Kier molecular flexibility index (Phi) is 3.79. The van der Waals surface area contributed by atoms with Gasteiger partial charge in [-0.25, -0.2) is 4.98 Å². The topological polar surface area (TPSA) is 40.7 Å². The van der Waals surface area contributed by atoms with Crippen LogP contribution in [0.5, 0.6) is 0 Å². The fourth-order valence-corrected chi connectivity index (χ4v) is 2.23. The second-order valence-electron chi connectivity index (χ2n) is 4.29. The summed E-state index contributed by atoms with van der Waals surface area (Å²) in [5.41, 5.74) is 3.50. The first-order valence-electron chi connectivity index (χ1n) is 6.52. The van der Waals surface area contributed by atoms with Crippen LogP contribution in [-0.4, -0.2) is 16.5 Å². The lowest BCUT2D eigenvalue weighted by Crippen LogP contribution is -2.13. The predicted molar refractivity (Wildman–Crippen MR) is 72.2 cm³/mol. The van der Waals surface area contributed by atoms with E-state index in [0.29, 0.717) is 6.04 Å². The Labute approximate surface area is 103 Å². The summed E-state index contributed by atoms with van der Waals surface area (Å²) < 4.78 is 0. The molecule has 2 heterocycles. The van der Waals surface area contributed by atoms with Crippen molar-refractivity contribution >= 4 is 11.0 Å². The van der Waals surface area contributed by atoms with Gasteiger partial charge in [0.1, 0.15) is 5.82 Å². The van der Waals surface area contributed by atoms with E-state index in [-0.39, 0.29) is 0 Å². The number of aromatic nitrogens is 2. The van der Waals surface area contributed by atoms with Gasteiger partial charge < -0.3 is 10.3 Å². The van der Waals surface area contributed by atoms with Crippen molar-refractivity contribution in [2.45, 2.75) is 39.7 Å². The van der Waals surface area contributed by atoms with E-state index in [0.717, 1.165) is 23.4 Å². The van der Waals surface area contributed by atoms with Gasteiger partial charge in [-0.3, -0.25) is 0 Å². The normalized spacial score (nSPS) is 19.1. The maximum atomic E-state index is 4.62. The fourth-order valence-electron chi connectivity index (χ4n) is 2.23. The minimum Gasteiger partial charge on any atom is -0.341 e. The van der Waals surface area contributed by atoms with Crippen LogP contribution in [0.15, 0.2) is 18.2 Å². The van der Waals surface area contributed by atoms with Crippen molar-refractivity contribution in [2.24, 2.45) is 0 Å². The van der Waals surface area contributed by atoms with E-state index in [4.69, 9.17) is 0 Å². The Morgan fingerprint density at radius 1 is 1.29 bits per heavy atom. The summed E-state index contributed by atoms with van der Waals surface area (Å²) in [5.74, 6) is 1.09. The summed E-state index contributed by atoms with van der Waals surface area (Å²) in [5, 5.41) is 3.45. The molecule has 1 aromatic heterocycles. The van der Waals surface area contributed by atoms with Crippen LogP contribution in [0, 0.1) is 6.92 Å². The van der Waals surface area contributed by atoms with Crippen molar-refractivity contribution in [2.75, 3.05) is 6.54 Å². The maximum Gasteiger partial charge on any atom is 0.124 e. The molecule has 0 radical (unpaired) electrons. The molecule has 1 aliphatic heterocycles. The van der Waals surface area contributed by atoms with Crippen LogP contribution >= 0.6 is 0 Å². The van der Waals surface area contributed by atoms with Gasteiger partial charge in [0.05, 0.1) is 17.1 Å². The lowest BCUT2D eigenvalue weighted by Gasteiger charge is -2.04. The Bertz CT molecular complexity index is 481. The number of benzene rings is 1. The van der Waals surface area contributed by atoms with Crippen LogP contribution < -0.4 is 5.32 Å². The van der Waals surface area contributed by atoms with Crippen LogP contribution in [-0.2, 0) is 0 Å². The number of hydrogen-bond acceptors (Lipinski definition) is 2. The number of nitrogens with one attached hydrogen (secondary N) is 2. The molecule has 0 amide bonds. The lowest BCUT2D eigenvalue weighted by atomic mass is 10.2. The number of fused-ring (bicyclic) bond motifs is 1. The molecule has 1 aromatic carbocycles. The quantitative estimate of drug-likeness (QED) is 0.790. The molecule has 2 aromatic rings. The number of imidazole rings is 1. The predicted octanol–water partition coefficient (Wildman–Crippen LogP) is 3.32. The molecule has 1 saturated heterocycles. The van der Waals surface area contributed by atoms with Crippen molar-refractivity contribution < 1.29 is 0 Å². The molecule has 0 unspecified atom stereocenters. The summed E-state index contributed by atoms with van der Waals surface area (Å²) in [6, 6.07) is 6.77. The smallest absolute Gasteiger partial charge is 0.124 e. The highest BCUT2D eigenvalue weighted by atomic mass is 15.0. The number of aromatic amines is 1. The van der Waals surface area contributed by atoms with E-state index >= 15 is 0 Å². The number of nitrogens with zero attached hydrogens (tertiary/aromatic N) is 1. The molecule has 92 valence electrons. The fraction of sp³-hybridized carbons (Fsp3) is 0.500. The highest BCUT2D eigenvalue weighted by Crippen LogP contribution is 2.23. The van der Waals surface area contributed by atoms with Gasteiger partial charge in [0.25, 0.3) is 0 Å². The highest BCUT2D eigenvalue weighted by Gasteiger charge is 2.19. The number of rotatable bonds is 1. The lowest BCUT2D eigenvalue weighted by molar-refractivity contribution is 0.614. The molecule has 3 nitrogen and oxygen atoms in total. The van der Waals surface area contributed by atoms with Crippen molar-refractivity contribution in [1.82, 2.24) is 15.3 Å². The van der Waals surface area contributed by atoms with Gasteiger partial charge in [-0.15, -0.1) is 0 Å². The number of hydrogen-bond donors (Lipinski definition) is 2. The molecular weight excluding hydrogens is 210 g/mol. The summed E-state index contributed by atoms with van der Waals surface area (Å²) >= 11 is 0. The Hall–Kier alpha value is -1.35. The third kappa shape index (κ3) is 2.50. The molecule has 1 atom stereocenters. The average molecular weight is 231 g/mol. The molecule has 2 N–H and O–H groups in total. The first-order chi connectivity index (χ1) is 8.33. The third-order valence-corrected chi connectivity index (χ3v) is 3.05. The zero-order valence-electron chi connectivity index (χ0n) is 10.9. The summed E-state index contributed by atoms with van der Waals surface area (Å²) in [7, 11) is 0. The molecular formula is C14H21N3. The molecule has 17 heavy (non-hydrogen) atoms. The molecule has 0 bridgehead atoms. The number of H-pyrrole nitrogens is 1. The van der Waals surface area contributed by atoms with Gasteiger partial charge >= 0.3 is 0 Å². The van der Waals surface area contributed by atoms with Crippen molar-refractivity contribution in [3.63, 3.8) is 0 Å². The molecule has 3 heteroatoms. The van der Waals surface area contributed by atoms with Crippen molar-refractivity contribution in [3.05, 3.63) is 29.6 Å². The van der Waals surface area contributed by atoms with E-state index in [2.05, 4.69) is 40.4 Å². The Morgan fingerprint density at radius 3 is 2.82 bits per heavy atom. The van der Waals surface area contributed by atoms with Crippen LogP contribution in [0.4, 0.5) is 0 Å². The van der Waals surface area contributed by atoms with E-state index < -0.39 is 0 Å². The molecule has 0 spiro atoms. The van der Waals surface area contributed by atoms with E-state index in [1.807, 2.05) is 13.8 Å². The standard InChI is InChI=1S/C12H15N3.C2H6/c1-8-4-5-9-11(7-8)15-12(14-9)10-3-2-6-13-10;1-2/h4-5,7,10,13H,2-3,6H2,1H3,(H,14,15);1-2H3/t10-;/m0./s1. The zero-order chi connectivity index (χ0) is 12.3. The largest absolute Gasteiger partial charge is 0.341 e. The second-order valence-corrected chi connectivity index (χ2v) is 4.29. The van der Waals surface area contributed by atoms with Crippen molar-refractivity contribution in [1.29, 1.82) is 0 Å². The third-order valence-electron chi connectivity index (χ3n) is 3.05. The van der Waals surface area contributed by atoms with Gasteiger partial charge in [0.2, 0.25) is 0 Å². The van der Waals surface area contributed by atoms with Gasteiger partial charge in [0.15, 0.2) is 0 Å². The maximum absolute atomic E-state index is 4.62. The first-order valence-corrected chi connectivity index (χ1v) is 6.52. The minimum absolute atomic E-state index is 0.428. The van der Waals surface area contributed by atoms with Gasteiger partial charge in [-0.1, -0.05) is 19.9 Å². The highest BCUT2D eigenvalue weighted by molar-refractivity contribution is 5.75. The van der Waals surface area contributed by atoms with Gasteiger partial charge in [-0.05, 0) is 44.0 Å². The summed E-state index contributed by atoms with van der Waals surface area (Å²) in [6.45, 7) is 7.22. The van der Waals surface area contributed by atoms with E-state index in [1.54, 1.807) is 0 Å². The average Bonchev–Trinajstić information content (AvgIpc) is 2.99. The SMILES string of the molecule is CC.Cc1ccc2nc([C@@H]3CCCN3)[nH]c2c1. The molecule has 1 aliphatic rings. The Morgan fingerprint density at radius 2 is 2.12 bits per heavy atom. The molecule has 0 saturated carbocycles. The van der Waals surface area contributed by atoms with Crippen LogP contribution in [0.2, 0.25) is 0 Å². The summed E-state index contributed by atoms with van der Waals surface area (Å²) in [4.78, 5) is 8.02. The van der Waals surface area contributed by atoms with E-state index in [1.165, 1.54) is 18.4 Å². The van der Waals surface area contributed by atoms with Crippen LogP contribution in [0.25, 0.3) is 11.0 Å². The Balaban J connectivity index is 0.000000514.